The maximum Gasteiger partial charge on any atom is 0.224 e. The number of nitriles is 2. The van der Waals surface area contributed by atoms with Crippen molar-refractivity contribution in [3.8, 4) is 12.1 Å². The van der Waals surface area contributed by atoms with Crippen molar-refractivity contribution in [3.05, 3.63) is 54.4 Å². The molecule has 218 valence electrons. The summed E-state index contributed by atoms with van der Waals surface area (Å²) in [7, 11) is 0. The van der Waals surface area contributed by atoms with E-state index in [-0.39, 0.29) is 23.6 Å². The summed E-state index contributed by atoms with van der Waals surface area (Å²) in [6, 6.07) is 5.33. The van der Waals surface area contributed by atoms with Gasteiger partial charge in [-0.1, -0.05) is 22.7 Å². The van der Waals surface area contributed by atoms with E-state index in [2.05, 4.69) is 56.3 Å². The van der Waals surface area contributed by atoms with E-state index in [0.29, 0.717) is 39.3 Å². The van der Waals surface area contributed by atoms with Crippen LogP contribution >= 0.6 is 22.7 Å². The SMILES string of the molecule is CC(=O)NCC(Nc1ncccn1)N(CCNc1ncc(/N=N/C=C(\C#N)C=N)s1)c1ncc(/N=N/C=C(\C#N)C=N)s1. The zero-order valence-corrected chi connectivity index (χ0v) is 24.2. The third-order valence-electron chi connectivity index (χ3n) is 4.91. The van der Waals surface area contributed by atoms with Gasteiger partial charge in [0.2, 0.25) is 11.9 Å². The van der Waals surface area contributed by atoms with E-state index >= 15 is 0 Å². The number of thiazole rings is 2. The Balaban J connectivity index is 1.81. The van der Waals surface area contributed by atoms with E-state index < -0.39 is 6.17 Å². The second-order valence-corrected chi connectivity index (χ2v) is 9.88. The van der Waals surface area contributed by atoms with Crippen LogP contribution in [0.5, 0.6) is 0 Å². The van der Waals surface area contributed by atoms with Crippen molar-refractivity contribution in [2.75, 3.05) is 35.2 Å². The van der Waals surface area contributed by atoms with Gasteiger partial charge in [-0.2, -0.15) is 20.8 Å². The molecule has 0 bridgehead atoms. The standard InChI is InChI=1S/C24H24N16OS2/c1-16(41)32-13-19(37-22-29-3-2-4-30-22)40(24-34-15-21(43-24)39-36-12-18(9-27)10-28)6-5-31-23-33-14-20(42-23)38-35-11-17(7-25)8-26/h2-4,7,9,11-12,14-15,19,25,27H,5-6,13H2,1H3,(H,31,33)(H,32,41)(H,29,30,37)/b17-11-,18-12-,25-7?,27-9?,38-35+,39-36+. The highest BCUT2D eigenvalue weighted by Gasteiger charge is 2.23. The molecule has 1 unspecified atom stereocenters. The molecule has 43 heavy (non-hydrogen) atoms. The van der Waals surface area contributed by atoms with Crippen LogP contribution in [0.1, 0.15) is 6.92 Å². The average molecular weight is 617 g/mol. The summed E-state index contributed by atoms with van der Waals surface area (Å²) in [4.78, 5) is 30.9. The van der Waals surface area contributed by atoms with Crippen LogP contribution in [0.2, 0.25) is 0 Å². The summed E-state index contributed by atoms with van der Waals surface area (Å²) in [5.41, 5.74) is 0.113. The van der Waals surface area contributed by atoms with Gasteiger partial charge in [0.25, 0.3) is 0 Å². The van der Waals surface area contributed by atoms with E-state index in [9.17, 15) is 4.79 Å². The van der Waals surface area contributed by atoms with Gasteiger partial charge in [-0.05, 0) is 6.07 Å². The summed E-state index contributed by atoms with van der Waals surface area (Å²) in [5, 5.41) is 59.1. The van der Waals surface area contributed by atoms with Crippen LogP contribution in [0.3, 0.4) is 0 Å². The summed E-state index contributed by atoms with van der Waals surface area (Å²) < 4.78 is 0. The fourth-order valence-corrected chi connectivity index (χ4v) is 4.49. The van der Waals surface area contributed by atoms with E-state index in [0.717, 1.165) is 12.4 Å². The molecule has 0 fully saturated rings. The molecular formula is C24H24N16OS2. The van der Waals surface area contributed by atoms with Gasteiger partial charge < -0.3 is 31.7 Å². The maximum absolute atomic E-state index is 11.8. The molecule has 0 saturated heterocycles. The van der Waals surface area contributed by atoms with Gasteiger partial charge in [0.15, 0.2) is 20.3 Å². The van der Waals surface area contributed by atoms with Gasteiger partial charge in [0.05, 0.1) is 42.5 Å². The molecule has 0 aliphatic carbocycles. The summed E-state index contributed by atoms with van der Waals surface area (Å²) in [6.45, 7) is 2.38. The fraction of sp³-hybridized carbons (Fsp3) is 0.208. The maximum atomic E-state index is 11.8. The first-order valence-electron chi connectivity index (χ1n) is 12.2. The minimum absolute atomic E-state index is 0.0465. The van der Waals surface area contributed by atoms with Crippen LogP contribution in [-0.2, 0) is 4.79 Å². The lowest BCUT2D eigenvalue weighted by Gasteiger charge is -2.32. The number of hydrogen-bond donors (Lipinski definition) is 5. The Morgan fingerprint density at radius 2 is 1.65 bits per heavy atom. The highest BCUT2D eigenvalue weighted by atomic mass is 32.1. The Labute approximate surface area is 253 Å². The van der Waals surface area contributed by atoms with Gasteiger partial charge in [-0.25, -0.2) is 19.9 Å². The lowest BCUT2D eigenvalue weighted by atomic mass is 10.3. The lowest BCUT2D eigenvalue weighted by Crippen LogP contribution is -2.50. The Bertz CT molecular complexity index is 1590. The summed E-state index contributed by atoms with van der Waals surface area (Å²) in [6.07, 6.45) is 9.83. The van der Waals surface area contributed by atoms with E-state index in [1.807, 2.05) is 17.0 Å². The highest BCUT2D eigenvalue weighted by Crippen LogP contribution is 2.31. The predicted octanol–water partition coefficient (Wildman–Crippen LogP) is 4.16. The van der Waals surface area contributed by atoms with Gasteiger partial charge in [-0.15, -0.1) is 10.2 Å². The molecule has 3 aromatic heterocycles. The van der Waals surface area contributed by atoms with Crippen molar-refractivity contribution in [1.29, 1.82) is 21.3 Å². The Morgan fingerprint density at radius 3 is 2.26 bits per heavy atom. The van der Waals surface area contributed by atoms with Crippen LogP contribution in [0, 0.1) is 33.5 Å². The van der Waals surface area contributed by atoms with Crippen molar-refractivity contribution in [2.45, 2.75) is 13.1 Å². The second-order valence-electron chi connectivity index (χ2n) is 7.89. The van der Waals surface area contributed by atoms with Crippen LogP contribution in [0.15, 0.2) is 74.9 Å². The molecule has 3 aromatic rings. The first-order valence-corrected chi connectivity index (χ1v) is 13.8. The van der Waals surface area contributed by atoms with Crippen LogP contribution in [-0.4, -0.2) is 64.1 Å². The molecule has 17 nitrogen and oxygen atoms in total. The minimum Gasteiger partial charge on any atom is -0.360 e. The number of nitrogens with one attached hydrogen (secondary N) is 5. The number of allylic oxidation sites excluding steroid dienone is 2. The van der Waals surface area contributed by atoms with Crippen molar-refractivity contribution < 1.29 is 4.79 Å². The molecule has 0 aliphatic heterocycles. The highest BCUT2D eigenvalue weighted by molar-refractivity contribution is 7.19. The molecule has 1 amide bonds. The number of amides is 1. The molecule has 3 heterocycles. The topological polar surface area (TPSA) is 253 Å². The number of nitrogens with zero attached hydrogens (tertiary/aromatic N) is 11. The van der Waals surface area contributed by atoms with Crippen molar-refractivity contribution in [1.82, 2.24) is 25.3 Å². The predicted molar refractivity (Wildman–Crippen MR) is 162 cm³/mol. The normalized spacial score (nSPS) is 12.3. The Morgan fingerprint density at radius 1 is 1.02 bits per heavy atom. The number of carbonyl (C=O) groups is 1. The molecule has 19 heteroatoms. The molecule has 1 atom stereocenters. The average Bonchev–Trinajstić information content (AvgIpc) is 3.68. The molecule has 0 radical (unpaired) electrons. The lowest BCUT2D eigenvalue weighted by molar-refractivity contribution is -0.119. The van der Waals surface area contributed by atoms with Crippen molar-refractivity contribution in [2.24, 2.45) is 20.5 Å². The van der Waals surface area contributed by atoms with Crippen LogP contribution < -0.4 is 20.9 Å². The van der Waals surface area contributed by atoms with Crippen molar-refractivity contribution >= 4 is 67.2 Å². The van der Waals surface area contributed by atoms with Crippen LogP contribution in [0.25, 0.3) is 0 Å². The number of azo groups is 2. The zero-order chi connectivity index (χ0) is 30.9. The third-order valence-corrected chi connectivity index (χ3v) is 6.66. The molecule has 5 N–H and O–H groups in total. The van der Waals surface area contributed by atoms with E-state index in [1.165, 1.54) is 54.4 Å². The fourth-order valence-electron chi connectivity index (χ4n) is 2.99. The quantitative estimate of drug-likeness (QED) is 0.0664. The molecule has 0 aromatic carbocycles. The molecule has 0 aliphatic rings. The number of hydrogen-bond acceptors (Lipinski definition) is 18. The van der Waals surface area contributed by atoms with Crippen molar-refractivity contribution in [3.63, 3.8) is 0 Å². The second kappa shape index (κ2) is 17.1. The molecular weight excluding hydrogens is 593 g/mol. The number of aromatic nitrogens is 4. The monoisotopic (exact) mass is 616 g/mol. The number of rotatable bonds is 16. The Kier molecular flexibility index (Phi) is 12.6. The first-order chi connectivity index (χ1) is 20.9. The number of carbonyl (C=O) groups excluding carboxylic acids is 1. The zero-order valence-electron chi connectivity index (χ0n) is 22.5. The molecule has 0 spiro atoms. The van der Waals surface area contributed by atoms with E-state index in [1.54, 1.807) is 18.5 Å². The summed E-state index contributed by atoms with van der Waals surface area (Å²) >= 11 is 2.47. The Hall–Kier alpha value is -5.79. The largest absolute Gasteiger partial charge is 0.360 e. The molecule has 0 saturated carbocycles. The molecule has 3 rings (SSSR count). The van der Waals surface area contributed by atoms with Gasteiger partial charge in [0, 0.05) is 44.8 Å². The number of anilines is 3. The van der Waals surface area contributed by atoms with Crippen LogP contribution in [0.4, 0.5) is 26.2 Å². The summed E-state index contributed by atoms with van der Waals surface area (Å²) in [5.74, 6) is 0.125. The first kappa shape index (κ1) is 31.7. The van der Waals surface area contributed by atoms with Gasteiger partial charge in [-0.3, -0.25) is 4.79 Å². The van der Waals surface area contributed by atoms with Gasteiger partial charge >= 0.3 is 0 Å². The van der Waals surface area contributed by atoms with E-state index in [4.69, 9.17) is 21.3 Å². The smallest absolute Gasteiger partial charge is 0.224 e. The van der Waals surface area contributed by atoms with Gasteiger partial charge in [0.1, 0.15) is 18.3 Å². The minimum atomic E-state index is -0.525. The third kappa shape index (κ3) is 10.6.